The second-order valence-electron chi connectivity index (χ2n) is 3.93. The van der Waals surface area contributed by atoms with E-state index in [1.165, 1.54) is 0 Å². The molecule has 6 heteroatoms. The summed E-state index contributed by atoms with van der Waals surface area (Å²) in [7, 11) is 1.59. The van der Waals surface area contributed by atoms with E-state index in [9.17, 15) is 4.79 Å². The Morgan fingerprint density at radius 1 is 1.53 bits per heavy atom. The lowest BCUT2D eigenvalue weighted by molar-refractivity contribution is 0.0954. The van der Waals surface area contributed by atoms with Crippen LogP contribution in [0.4, 0.5) is 0 Å². The number of aromatic nitrogens is 2. The standard InChI is InChI=1S/C13H14BrN3O2/c1-19-12-3-2-9(6-11(12)14)13(18)16-5-4-10-7-15-8-17-10/h2-3,6-8H,4-5H2,1H3,(H,15,17)(H,16,18). The summed E-state index contributed by atoms with van der Waals surface area (Å²) in [6.07, 6.45) is 4.09. The molecule has 0 atom stereocenters. The van der Waals surface area contributed by atoms with Crippen LogP contribution in [0.1, 0.15) is 16.1 Å². The van der Waals surface area contributed by atoms with E-state index in [-0.39, 0.29) is 5.91 Å². The molecule has 0 saturated heterocycles. The first-order valence-electron chi connectivity index (χ1n) is 5.79. The van der Waals surface area contributed by atoms with E-state index in [1.807, 2.05) is 0 Å². The molecule has 1 aromatic carbocycles. The third-order valence-electron chi connectivity index (χ3n) is 2.65. The van der Waals surface area contributed by atoms with Gasteiger partial charge in [-0.1, -0.05) is 0 Å². The van der Waals surface area contributed by atoms with Crippen LogP contribution in [0.2, 0.25) is 0 Å². The van der Waals surface area contributed by atoms with E-state index in [0.29, 0.717) is 17.9 Å². The number of imidazole rings is 1. The molecule has 0 radical (unpaired) electrons. The SMILES string of the molecule is COc1ccc(C(=O)NCCc2cnc[nH]2)cc1Br. The number of halogens is 1. The third kappa shape index (κ3) is 3.57. The van der Waals surface area contributed by atoms with Gasteiger partial charge in [-0.05, 0) is 34.1 Å². The Bertz CT molecular complexity index is 555. The van der Waals surface area contributed by atoms with Crippen molar-refractivity contribution >= 4 is 21.8 Å². The van der Waals surface area contributed by atoms with Gasteiger partial charge in [-0.2, -0.15) is 0 Å². The van der Waals surface area contributed by atoms with Gasteiger partial charge >= 0.3 is 0 Å². The van der Waals surface area contributed by atoms with Gasteiger partial charge in [0.25, 0.3) is 5.91 Å². The largest absolute Gasteiger partial charge is 0.496 e. The number of hydrogen-bond acceptors (Lipinski definition) is 3. The lowest BCUT2D eigenvalue weighted by atomic mass is 10.2. The average Bonchev–Trinajstić information content (AvgIpc) is 2.91. The van der Waals surface area contributed by atoms with Crippen molar-refractivity contribution in [2.75, 3.05) is 13.7 Å². The maximum atomic E-state index is 11.9. The Morgan fingerprint density at radius 2 is 2.37 bits per heavy atom. The van der Waals surface area contributed by atoms with Crippen molar-refractivity contribution in [3.63, 3.8) is 0 Å². The van der Waals surface area contributed by atoms with Gasteiger partial charge in [0, 0.05) is 30.4 Å². The fraction of sp³-hybridized carbons (Fsp3) is 0.231. The van der Waals surface area contributed by atoms with Gasteiger partial charge < -0.3 is 15.0 Å². The number of nitrogens with zero attached hydrogens (tertiary/aromatic N) is 1. The van der Waals surface area contributed by atoms with Crippen molar-refractivity contribution in [1.82, 2.24) is 15.3 Å². The number of benzene rings is 1. The fourth-order valence-electron chi connectivity index (χ4n) is 1.64. The normalized spacial score (nSPS) is 10.2. The summed E-state index contributed by atoms with van der Waals surface area (Å²) in [5.41, 5.74) is 1.59. The molecule has 2 rings (SSSR count). The minimum atomic E-state index is -0.108. The van der Waals surface area contributed by atoms with Gasteiger partial charge in [0.1, 0.15) is 5.75 Å². The van der Waals surface area contributed by atoms with Crippen LogP contribution in [0.3, 0.4) is 0 Å². The fourth-order valence-corrected chi connectivity index (χ4v) is 2.18. The van der Waals surface area contributed by atoms with Crippen LogP contribution in [0.5, 0.6) is 5.75 Å². The molecular formula is C13H14BrN3O2. The molecule has 0 bridgehead atoms. The van der Waals surface area contributed by atoms with E-state index < -0.39 is 0 Å². The third-order valence-corrected chi connectivity index (χ3v) is 3.27. The van der Waals surface area contributed by atoms with E-state index in [2.05, 4.69) is 31.2 Å². The summed E-state index contributed by atoms with van der Waals surface area (Å²) < 4.78 is 5.88. The maximum absolute atomic E-state index is 11.9. The summed E-state index contributed by atoms with van der Waals surface area (Å²) >= 11 is 3.36. The van der Waals surface area contributed by atoms with Crippen LogP contribution in [0.15, 0.2) is 35.2 Å². The zero-order valence-corrected chi connectivity index (χ0v) is 12.0. The maximum Gasteiger partial charge on any atom is 0.251 e. The molecule has 1 amide bonds. The molecule has 0 aliphatic carbocycles. The molecule has 0 fully saturated rings. The second kappa shape index (κ2) is 6.38. The molecule has 1 aromatic heterocycles. The summed E-state index contributed by atoms with van der Waals surface area (Å²) in [6, 6.07) is 5.23. The monoisotopic (exact) mass is 323 g/mol. The lowest BCUT2D eigenvalue weighted by Crippen LogP contribution is -2.25. The van der Waals surface area contributed by atoms with Crippen molar-refractivity contribution in [1.29, 1.82) is 0 Å². The molecule has 0 aliphatic heterocycles. The van der Waals surface area contributed by atoms with Crippen LogP contribution < -0.4 is 10.1 Å². The molecule has 0 spiro atoms. The first-order chi connectivity index (χ1) is 9.20. The van der Waals surface area contributed by atoms with Crippen LogP contribution in [0, 0.1) is 0 Å². The number of nitrogens with one attached hydrogen (secondary N) is 2. The van der Waals surface area contributed by atoms with Crippen LogP contribution in [0.25, 0.3) is 0 Å². The van der Waals surface area contributed by atoms with Gasteiger partial charge in [0.2, 0.25) is 0 Å². The van der Waals surface area contributed by atoms with Crippen LogP contribution in [-0.4, -0.2) is 29.5 Å². The van der Waals surface area contributed by atoms with Crippen LogP contribution >= 0.6 is 15.9 Å². The Kier molecular flexibility index (Phi) is 4.57. The molecular weight excluding hydrogens is 310 g/mol. The van der Waals surface area contributed by atoms with E-state index in [1.54, 1.807) is 37.8 Å². The van der Waals surface area contributed by atoms with Gasteiger partial charge in [0.15, 0.2) is 0 Å². The minimum absolute atomic E-state index is 0.108. The minimum Gasteiger partial charge on any atom is -0.496 e. The Balaban J connectivity index is 1.91. The first-order valence-corrected chi connectivity index (χ1v) is 6.59. The molecule has 0 saturated carbocycles. The molecule has 100 valence electrons. The van der Waals surface area contributed by atoms with Gasteiger partial charge in [0.05, 0.1) is 17.9 Å². The number of carbonyl (C=O) groups excluding carboxylic acids is 1. The Hall–Kier alpha value is -1.82. The average molecular weight is 324 g/mol. The predicted molar refractivity (Wildman–Crippen MR) is 75.3 cm³/mol. The summed E-state index contributed by atoms with van der Waals surface area (Å²) in [5.74, 6) is 0.594. The summed E-state index contributed by atoms with van der Waals surface area (Å²) in [5, 5.41) is 2.85. The lowest BCUT2D eigenvalue weighted by Gasteiger charge is -2.07. The zero-order chi connectivity index (χ0) is 13.7. The molecule has 5 nitrogen and oxygen atoms in total. The predicted octanol–water partition coefficient (Wildman–Crippen LogP) is 2.15. The van der Waals surface area contributed by atoms with E-state index in [4.69, 9.17) is 4.74 Å². The van der Waals surface area contributed by atoms with Crippen molar-refractivity contribution in [2.24, 2.45) is 0 Å². The van der Waals surface area contributed by atoms with Crippen molar-refractivity contribution in [3.05, 3.63) is 46.5 Å². The number of carbonyl (C=O) groups is 1. The van der Waals surface area contributed by atoms with Gasteiger partial charge in [-0.3, -0.25) is 4.79 Å². The number of H-pyrrole nitrogens is 1. The summed E-state index contributed by atoms with van der Waals surface area (Å²) in [6.45, 7) is 0.560. The summed E-state index contributed by atoms with van der Waals surface area (Å²) in [4.78, 5) is 18.8. The van der Waals surface area contributed by atoms with Crippen molar-refractivity contribution in [2.45, 2.75) is 6.42 Å². The quantitative estimate of drug-likeness (QED) is 0.886. The number of amides is 1. The number of hydrogen-bond donors (Lipinski definition) is 2. The molecule has 2 N–H and O–H groups in total. The Labute approximate surface area is 119 Å². The number of methoxy groups -OCH3 is 1. The highest BCUT2D eigenvalue weighted by Crippen LogP contribution is 2.25. The molecule has 19 heavy (non-hydrogen) atoms. The zero-order valence-electron chi connectivity index (χ0n) is 10.4. The number of aromatic amines is 1. The Morgan fingerprint density at radius 3 is 3.00 bits per heavy atom. The van der Waals surface area contributed by atoms with Crippen LogP contribution in [-0.2, 0) is 6.42 Å². The second-order valence-corrected chi connectivity index (χ2v) is 4.79. The number of ether oxygens (including phenoxy) is 1. The first kappa shape index (κ1) is 13.6. The van der Waals surface area contributed by atoms with Gasteiger partial charge in [-0.15, -0.1) is 0 Å². The highest BCUT2D eigenvalue weighted by atomic mass is 79.9. The topological polar surface area (TPSA) is 67.0 Å². The van der Waals surface area contributed by atoms with E-state index in [0.717, 1.165) is 16.6 Å². The van der Waals surface area contributed by atoms with Crippen molar-refractivity contribution in [3.8, 4) is 5.75 Å². The van der Waals surface area contributed by atoms with Gasteiger partial charge in [-0.25, -0.2) is 4.98 Å². The highest BCUT2D eigenvalue weighted by Gasteiger charge is 2.08. The molecule has 0 unspecified atom stereocenters. The molecule has 1 heterocycles. The van der Waals surface area contributed by atoms with E-state index >= 15 is 0 Å². The number of rotatable bonds is 5. The molecule has 2 aromatic rings. The highest BCUT2D eigenvalue weighted by molar-refractivity contribution is 9.10. The smallest absolute Gasteiger partial charge is 0.251 e. The van der Waals surface area contributed by atoms with Crippen molar-refractivity contribution < 1.29 is 9.53 Å². The molecule has 0 aliphatic rings.